The number of hydrogen-bond donors (Lipinski definition) is 2. The van der Waals surface area contributed by atoms with Crippen molar-refractivity contribution < 1.29 is 18.8 Å². The van der Waals surface area contributed by atoms with Crippen molar-refractivity contribution in [1.29, 1.82) is 0 Å². The first-order chi connectivity index (χ1) is 7.50. The highest BCUT2D eigenvalue weighted by molar-refractivity contribution is 5.93. The summed E-state index contributed by atoms with van der Waals surface area (Å²) < 4.78 is 12.9. The molecule has 2 amide bonds. The van der Waals surface area contributed by atoms with Crippen LogP contribution in [-0.2, 0) is 9.63 Å². The highest BCUT2D eigenvalue weighted by Crippen LogP contribution is 2.08. The van der Waals surface area contributed by atoms with E-state index in [1.807, 2.05) is 5.48 Å². The molecule has 1 aromatic carbocycles. The van der Waals surface area contributed by atoms with Gasteiger partial charge in [-0.3, -0.25) is 14.4 Å². The lowest BCUT2D eigenvalue weighted by Gasteiger charge is -2.05. The first-order valence-electron chi connectivity index (χ1n) is 4.47. The molecule has 1 aromatic rings. The van der Waals surface area contributed by atoms with Crippen LogP contribution in [0.1, 0.15) is 15.9 Å². The number of nitrogens with two attached hydrogens (primary N) is 1. The molecule has 0 bridgehead atoms. The summed E-state index contributed by atoms with van der Waals surface area (Å²) in [4.78, 5) is 26.2. The molecule has 0 unspecified atom stereocenters. The topological polar surface area (TPSA) is 81.4 Å². The Morgan fingerprint density at radius 1 is 1.50 bits per heavy atom. The van der Waals surface area contributed by atoms with Crippen LogP contribution in [-0.4, -0.2) is 18.4 Å². The molecule has 0 saturated heterocycles. The Labute approximate surface area is 91.3 Å². The van der Waals surface area contributed by atoms with Gasteiger partial charge in [-0.2, -0.15) is 0 Å². The van der Waals surface area contributed by atoms with Crippen LogP contribution in [0.3, 0.4) is 0 Å². The number of rotatable bonds is 4. The fourth-order valence-electron chi connectivity index (χ4n) is 1.02. The predicted octanol–water partition coefficient (Wildman–Crippen LogP) is 0.281. The van der Waals surface area contributed by atoms with E-state index >= 15 is 0 Å². The number of hydrogen-bond acceptors (Lipinski definition) is 3. The number of nitrogens with one attached hydrogen (secondary N) is 1. The predicted molar refractivity (Wildman–Crippen MR) is 53.7 cm³/mol. The van der Waals surface area contributed by atoms with Gasteiger partial charge in [0, 0.05) is 5.56 Å². The third-order valence-electron chi connectivity index (χ3n) is 1.80. The number of primary amides is 1. The number of carbonyl (C=O) groups excluding carboxylic acids is 2. The number of aryl methyl sites for hydroxylation is 1. The molecule has 0 fully saturated rings. The summed E-state index contributed by atoms with van der Waals surface area (Å²) in [5.74, 6) is -1.66. The number of benzene rings is 1. The first-order valence-corrected chi connectivity index (χ1v) is 4.47. The summed E-state index contributed by atoms with van der Waals surface area (Å²) >= 11 is 0. The van der Waals surface area contributed by atoms with Crippen molar-refractivity contribution in [2.75, 3.05) is 6.61 Å². The molecule has 6 heteroatoms. The maximum absolute atomic E-state index is 12.9. The van der Waals surface area contributed by atoms with Crippen molar-refractivity contribution in [3.05, 3.63) is 35.1 Å². The van der Waals surface area contributed by atoms with E-state index < -0.39 is 24.2 Å². The van der Waals surface area contributed by atoms with Gasteiger partial charge in [0.05, 0.1) is 0 Å². The van der Waals surface area contributed by atoms with Crippen LogP contribution in [0, 0.1) is 12.7 Å². The second kappa shape index (κ2) is 5.22. The number of hydroxylamine groups is 1. The normalized spacial score (nSPS) is 9.88. The van der Waals surface area contributed by atoms with Crippen molar-refractivity contribution >= 4 is 11.8 Å². The molecule has 0 aliphatic carbocycles. The average Bonchev–Trinajstić information content (AvgIpc) is 2.21. The largest absolute Gasteiger partial charge is 0.368 e. The van der Waals surface area contributed by atoms with Crippen molar-refractivity contribution in [2.24, 2.45) is 5.73 Å². The van der Waals surface area contributed by atoms with E-state index in [-0.39, 0.29) is 5.56 Å². The fraction of sp³-hybridized carbons (Fsp3) is 0.200. The highest BCUT2D eigenvalue weighted by atomic mass is 19.1. The van der Waals surface area contributed by atoms with Gasteiger partial charge in [-0.25, -0.2) is 9.87 Å². The van der Waals surface area contributed by atoms with E-state index in [9.17, 15) is 14.0 Å². The number of halogens is 1. The Hall–Kier alpha value is -1.95. The van der Waals surface area contributed by atoms with E-state index in [2.05, 4.69) is 4.84 Å². The fourth-order valence-corrected chi connectivity index (χ4v) is 1.02. The Morgan fingerprint density at radius 3 is 2.75 bits per heavy atom. The van der Waals surface area contributed by atoms with Crippen LogP contribution in [0.25, 0.3) is 0 Å². The van der Waals surface area contributed by atoms with E-state index in [4.69, 9.17) is 5.73 Å². The lowest BCUT2D eigenvalue weighted by molar-refractivity contribution is -0.124. The minimum atomic E-state index is -0.699. The lowest BCUT2D eigenvalue weighted by atomic mass is 10.1. The third-order valence-corrected chi connectivity index (χ3v) is 1.80. The van der Waals surface area contributed by atoms with E-state index in [1.54, 1.807) is 0 Å². The molecule has 0 saturated carbocycles. The van der Waals surface area contributed by atoms with E-state index in [1.165, 1.54) is 25.1 Å². The van der Waals surface area contributed by atoms with Gasteiger partial charge in [0.1, 0.15) is 5.82 Å². The molecule has 0 heterocycles. The van der Waals surface area contributed by atoms with Crippen molar-refractivity contribution in [2.45, 2.75) is 6.92 Å². The van der Waals surface area contributed by atoms with Gasteiger partial charge < -0.3 is 5.73 Å². The molecule has 3 N–H and O–H groups in total. The van der Waals surface area contributed by atoms with Crippen LogP contribution in [0.5, 0.6) is 0 Å². The summed E-state index contributed by atoms with van der Waals surface area (Å²) in [6.45, 7) is 1.13. The Balaban J connectivity index is 2.59. The molecular formula is C10H11FN2O3. The maximum Gasteiger partial charge on any atom is 0.274 e. The minimum Gasteiger partial charge on any atom is -0.368 e. The van der Waals surface area contributed by atoms with Gasteiger partial charge in [-0.05, 0) is 30.7 Å². The van der Waals surface area contributed by atoms with Crippen molar-refractivity contribution in [3.8, 4) is 0 Å². The summed E-state index contributed by atoms with van der Waals surface area (Å²) in [6, 6.07) is 3.86. The van der Waals surface area contributed by atoms with Crippen molar-refractivity contribution in [3.63, 3.8) is 0 Å². The quantitative estimate of drug-likeness (QED) is 0.723. The smallest absolute Gasteiger partial charge is 0.274 e. The molecule has 5 nitrogen and oxygen atoms in total. The van der Waals surface area contributed by atoms with Crippen LogP contribution < -0.4 is 11.2 Å². The zero-order chi connectivity index (χ0) is 12.1. The van der Waals surface area contributed by atoms with Crippen LogP contribution >= 0.6 is 0 Å². The summed E-state index contributed by atoms with van der Waals surface area (Å²) in [7, 11) is 0. The molecule has 16 heavy (non-hydrogen) atoms. The second-order valence-corrected chi connectivity index (χ2v) is 3.15. The number of amides is 2. The van der Waals surface area contributed by atoms with E-state index in [0.717, 1.165) is 0 Å². The minimum absolute atomic E-state index is 0.239. The molecule has 0 aliphatic rings. The van der Waals surface area contributed by atoms with Gasteiger partial charge in [0.2, 0.25) is 5.91 Å². The van der Waals surface area contributed by atoms with E-state index in [0.29, 0.717) is 5.56 Å². The van der Waals surface area contributed by atoms with Crippen molar-refractivity contribution in [1.82, 2.24) is 5.48 Å². The highest BCUT2D eigenvalue weighted by Gasteiger charge is 2.07. The molecular weight excluding hydrogens is 215 g/mol. The van der Waals surface area contributed by atoms with Gasteiger partial charge in [0.25, 0.3) is 5.91 Å². The molecule has 0 aromatic heterocycles. The SMILES string of the molecule is Cc1cc(C(=O)NOCC(N)=O)ccc1F. The average molecular weight is 226 g/mol. The molecule has 86 valence electrons. The van der Waals surface area contributed by atoms with Crippen LogP contribution in [0.4, 0.5) is 4.39 Å². The zero-order valence-corrected chi connectivity index (χ0v) is 8.62. The monoisotopic (exact) mass is 226 g/mol. The van der Waals surface area contributed by atoms with Gasteiger partial charge in [0.15, 0.2) is 6.61 Å². The molecule has 0 spiro atoms. The Morgan fingerprint density at radius 2 is 2.19 bits per heavy atom. The van der Waals surface area contributed by atoms with Gasteiger partial charge >= 0.3 is 0 Å². The lowest BCUT2D eigenvalue weighted by Crippen LogP contribution is -2.29. The Bertz CT molecular complexity index is 421. The summed E-state index contributed by atoms with van der Waals surface area (Å²) in [6.07, 6.45) is 0. The molecule has 0 atom stereocenters. The second-order valence-electron chi connectivity index (χ2n) is 3.15. The third kappa shape index (κ3) is 3.32. The Kier molecular flexibility index (Phi) is 3.96. The molecule has 1 rings (SSSR count). The van der Waals surface area contributed by atoms with Crippen LogP contribution in [0.2, 0.25) is 0 Å². The maximum atomic E-state index is 12.9. The molecule has 0 radical (unpaired) electrons. The zero-order valence-electron chi connectivity index (χ0n) is 8.62. The molecule has 0 aliphatic heterocycles. The summed E-state index contributed by atoms with van der Waals surface area (Å²) in [5.41, 5.74) is 7.40. The van der Waals surface area contributed by atoms with Gasteiger partial charge in [-0.15, -0.1) is 0 Å². The number of carbonyl (C=O) groups is 2. The standard InChI is InChI=1S/C10H11FN2O3/c1-6-4-7(2-3-8(6)11)10(15)13-16-5-9(12)14/h2-4H,5H2,1H3,(H2,12,14)(H,13,15). The van der Waals surface area contributed by atoms with Crippen LogP contribution in [0.15, 0.2) is 18.2 Å². The first kappa shape index (κ1) is 12.1. The summed E-state index contributed by atoms with van der Waals surface area (Å²) in [5, 5.41) is 0. The van der Waals surface area contributed by atoms with Gasteiger partial charge in [-0.1, -0.05) is 0 Å².